The van der Waals surface area contributed by atoms with Gasteiger partial charge in [-0.05, 0) is 71.7 Å². The highest BCUT2D eigenvalue weighted by atomic mass is 35.5. The Morgan fingerprint density at radius 2 is 1.55 bits per heavy atom. The van der Waals surface area contributed by atoms with Crippen LogP contribution >= 0.6 is 35.0 Å². The van der Waals surface area contributed by atoms with Gasteiger partial charge < -0.3 is 0 Å². The van der Waals surface area contributed by atoms with Gasteiger partial charge in [-0.25, -0.2) is 13.1 Å². The molecule has 0 fully saturated rings. The lowest BCUT2D eigenvalue weighted by Gasteiger charge is -2.22. The normalized spacial score (nSPS) is 14.5. The van der Waals surface area contributed by atoms with E-state index < -0.39 is 10.0 Å². The fourth-order valence-electron chi connectivity index (χ4n) is 3.17. The van der Waals surface area contributed by atoms with Gasteiger partial charge in [-0.3, -0.25) is 0 Å². The molecule has 0 spiro atoms. The first-order valence-electron chi connectivity index (χ1n) is 8.97. The van der Waals surface area contributed by atoms with Crippen molar-refractivity contribution in [1.29, 1.82) is 0 Å². The summed E-state index contributed by atoms with van der Waals surface area (Å²) in [6.45, 7) is 0.291. The summed E-state index contributed by atoms with van der Waals surface area (Å²) in [5, 5.41) is 1.18. The van der Waals surface area contributed by atoms with Gasteiger partial charge in [-0.1, -0.05) is 59.2 Å². The zero-order valence-corrected chi connectivity index (χ0v) is 18.4. The number of hydrogen-bond acceptors (Lipinski definition) is 3. The molecule has 1 aliphatic rings. The molecule has 29 heavy (non-hydrogen) atoms. The largest absolute Gasteiger partial charge is 0.240 e. The summed E-state index contributed by atoms with van der Waals surface area (Å²) < 4.78 is 27.5. The molecule has 0 atom stereocenters. The molecule has 0 aromatic heterocycles. The SMILES string of the molecule is O=S(=O)(NCC/C=C1/c2ccccc2Sc2ccc(Cl)cc21)c1ccc(Cl)cc1. The van der Waals surface area contributed by atoms with Gasteiger partial charge in [-0.2, -0.15) is 0 Å². The van der Waals surface area contributed by atoms with E-state index in [9.17, 15) is 8.42 Å². The number of sulfonamides is 1. The van der Waals surface area contributed by atoms with E-state index in [0.717, 1.165) is 21.6 Å². The van der Waals surface area contributed by atoms with Crippen LogP contribution in [-0.2, 0) is 10.0 Å². The topological polar surface area (TPSA) is 46.2 Å². The van der Waals surface area contributed by atoms with Crippen molar-refractivity contribution in [2.45, 2.75) is 21.1 Å². The Hall–Kier alpha value is -1.76. The van der Waals surface area contributed by atoms with Crippen LogP contribution in [0.1, 0.15) is 17.5 Å². The Morgan fingerprint density at radius 1 is 0.862 bits per heavy atom. The van der Waals surface area contributed by atoms with Crippen LogP contribution in [0, 0.1) is 0 Å². The highest BCUT2D eigenvalue weighted by Crippen LogP contribution is 2.46. The lowest BCUT2D eigenvalue weighted by molar-refractivity contribution is 0.582. The lowest BCUT2D eigenvalue weighted by atomic mass is 9.96. The molecule has 0 bridgehead atoms. The summed E-state index contributed by atoms with van der Waals surface area (Å²) in [7, 11) is -3.57. The number of rotatable bonds is 5. The first-order chi connectivity index (χ1) is 13.9. The molecular formula is C22H17Cl2NO2S2. The zero-order valence-electron chi connectivity index (χ0n) is 15.2. The van der Waals surface area contributed by atoms with Crippen LogP contribution in [-0.4, -0.2) is 15.0 Å². The number of halogens is 2. The minimum atomic E-state index is -3.57. The van der Waals surface area contributed by atoms with Crippen molar-refractivity contribution < 1.29 is 8.42 Å². The molecule has 1 aliphatic heterocycles. The zero-order chi connectivity index (χ0) is 20.4. The maximum atomic E-state index is 12.4. The summed E-state index contributed by atoms with van der Waals surface area (Å²) in [5.41, 5.74) is 3.28. The van der Waals surface area contributed by atoms with Gasteiger partial charge >= 0.3 is 0 Å². The Bertz CT molecular complexity index is 1190. The van der Waals surface area contributed by atoms with E-state index in [0.29, 0.717) is 23.0 Å². The third kappa shape index (κ3) is 4.55. The third-order valence-electron chi connectivity index (χ3n) is 4.54. The molecule has 3 aromatic carbocycles. The smallest absolute Gasteiger partial charge is 0.211 e. The van der Waals surface area contributed by atoms with Crippen LogP contribution in [0.5, 0.6) is 0 Å². The monoisotopic (exact) mass is 461 g/mol. The highest BCUT2D eigenvalue weighted by Gasteiger charge is 2.20. The molecule has 148 valence electrons. The molecule has 3 aromatic rings. The first-order valence-corrected chi connectivity index (χ1v) is 12.0. The molecule has 0 saturated carbocycles. The summed E-state index contributed by atoms with van der Waals surface area (Å²) in [5.74, 6) is 0. The maximum absolute atomic E-state index is 12.4. The summed E-state index contributed by atoms with van der Waals surface area (Å²) >= 11 is 13.8. The number of nitrogens with one attached hydrogen (secondary N) is 1. The van der Waals surface area contributed by atoms with Crippen molar-refractivity contribution in [3.05, 3.63) is 94.0 Å². The Balaban J connectivity index is 1.56. The van der Waals surface area contributed by atoms with Crippen LogP contribution in [0.15, 0.2) is 87.5 Å². The van der Waals surface area contributed by atoms with E-state index in [2.05, 4.69) is 22.9 Å². The van der Waals surface area contributed by atoms with Crippen molar-refractivity contribution in [2.75, 3.05) is 6.54 Å². The molecule has 1 heterocycles. The van der Waals surface area contributed by atoms with Gasteiger partial charge in [0.05, 0.1) is 4.90 Å². The van der Waals surface area contributed by atoms with Crippen LogP contribution in [0.2, 0.25) is 10.0 Å². The quantitative estimate of drug-likeness (QED) is 0.356. The number of fused-ring (bicyclic) bond motifs is 2. The average Bonchev–Trinajstić information content (AvgIpc) is 2.71. The fourth-order valence-corrected chi connectivity index (χ4v) is 5.60. The third-order valence-corrected chi connectivity index (χ3v) is 7.65. The van der Waals surface area contributed by atoms with Gasteiger partial charge in [0.15, 0.2) is 0 Å². The van der Waals surface area contributed by atoms with Crippen LogP contribution in [0.25, 0.3) is 5.57 Å². The van der Waals surface area contributed by atoms with E-state index >= 15 is 0 Å². The molecule has 1 N–H and O–H groups in total. The number of hydrogen-bond donors (Lipinski definition) is 1. The second-order valence-corrected chi connectivity index (χ2v) is 10.2. The van der Waals surface area contributed by atoms with E-state index in [1.54, 1.807) is 23.9 Å². The van der Waals surface area contributed by atoms with E-state index in [4.69, 9.17) is 23.2 Å². The molecular weight excluding hydrogens is 445 g/mol. The van der Waals surface area contributed by atoms with Gasteiger partial charge in [0.25, 0.3) is 0 Å². The lowest BCUT2D eigenvalue weighted by Crippen LogP contribution is -2.24. The molecule has 0 aliphatic carbocycles. The highest BCUT2D eigenvalue weighted by molar-refractivity contribution is 7.99. The van der Waals surface area contributed by atoms with Crippen molar-refractivity contribution >= 4 is 50.6 Å². The molecule has 0 amide bonds. The van der Waals surface area contributed by atoms with Gasteiger partial charge in [0, 0.05) is 26.4 Å². The fraction of sp³-hybridized carbons (Fsp3) is 0.0909. The minimum Gasteiger partial charge on any atom is -0.211 e. The van der Waals surface area contributed by atoms with Crippen LogP contribution in [0.4, 0.5) is 0 Å². The van der Waals surface area contributed by atoms with Gasteiger partial charge in [-0.15, -0.1) is 0 Å². The molecule has 7 heteroatoms. The van der Waals surface area contributed by atoms with Crippen LogP contribution < -0.4 is 4.72 Å². The minimum absolute atomic E-state index is 0.200. The first kappa shape index (κ1) is 20.5. The average molecular weight is 462 g/mol. The van der Waals surface area contributed by atoms with Crippen LogP contribution in [0.3, 0.4) is 0 Å². The van der Waals surface area contributed by atoms with Gasteiger partial charge in [0.2, 0.25) is 10.0 Å². The predicted molar refractivity (Wildman–Crippen MR) is 120 cm³/mol. The second kappa shape index (κ2) is 8.54. The number of benzene rings is 3. The van der Waals surface area contributed by atoms with E-state index in [1.807, 2.05) is 30.3 Å². The van der Waals surface area contributed by atoms with E-state index in [1.165, 1.54) is 17.0 Å². The second-order valence-electron chi connectivity index (χ2n) is 6.50. The molecule has 0 radical (unpaired) electrons. The predicted octanol–water partition coefficient (Wildman–Crippen LogP) is 6.26. The Morgan fingerprint density at radius 3 is 2.34 bits per heavy atom. The van der Waals surface area contributed by atoms with Crippen molar-refractivity contribution in [1.82, 2.24) is 4.72 Å². The summed E-state index contributed by atoms with van der Waals surface area (Å²) in [6, 6.07) is 20.2. The summed E-state index contributed by atoms with van der Waals surface area (Å²) in [4.78, 5) is 2.52. The summed E-state index contributed by atoms with van der Waals surface area (Å²) in [6.07, 6.45) is 2.62. The molecule has 3 nitrogen and oxygen atoms in total. The Kier molecular flexibility index (Phi) is 6.04. The Labute approximate surface area is 184 Å². The van der Waals surface area contributed by atoms with Gasteiger partial charge in [0.1, 0.15) is 0 Å². The van der Waals surface area contributed by atoms with E-state index in [-0.39, 0.29) is 4.90 Å². The molecule has 4 rings (SSSR count). The standard InChI is InChI=1S/C22H17Cl2NO2S2/c23-15-7-10-17(11-8-15)29(26,27)25-13-3-5-18-19-4-1-2-6-21(19)28-22-12-9-16(24)14-20(18)22/h1-2,4-12,14,25H,3,13H2/b18-5-. The van der Waals surface area contributed by atoms with Crippen molar-refractivity contribution in [3.8, 4) is 0 Å². The van der Waals surface area contributed by atoms with Crippen molar-refractivity contribution in [3.63, 3.8) is 0 Å². The maximum Gasteiger partial charge on any atom is 0.240 e. The molecule has 0 saturated heterocycles. The molecule has 0 unspecified atom stereocenters. The van der Waals surface area contributed by atoms with Crippen molar-refractivity contribution in [2.24, 2.45) is 0 Å².